The second-order valence-electron chi connectivity index (χ2n) is 10.8. The van der Waals surface area contributed by atoms with E-state index in [-0.39, 0.29) is 5.91 Å². The highest BCUT2D eigenvalue weighted by Gasteiger charge is 2.26. The highest BCUT2D eigenvalue weighted by atomic mass is 16.5. The van der Waals surface area contributed by atoms with Gasteiger partial charge in [0.25, 0.3) is 5.91 Å². The predicted octanol–water partition coefficient (Wildman–Crippen LogP) is 5.33. The first kappa shape index (κ1) is 26.1. The monoisotopic (exact) mass is 535 g/mol. The zero-order valence-electron chi connectivity index (χ0n) is 22.9. The third-order valence-corrected chi connectivity index (χ3v) is 7.99. The third-order valence-electron chi connectivity index (χ3n) is 7.99. The van der Waals surface area contributed by atoms with Crippen molar-refractivity contribution in [2.45, 2.75) is 19.4 Å². The number of ether oxygens (including phenoxy) is 1. The number of aromatic amines is 1. The maximum absolute atomic E-state index is 13.2. The topological polar surface area (TPSA) is 64.7 Å². The molecular weight excluding hydrogens is 498 g/mol. The van der Waals surface area contributed by atoms with Crippen LogP contribution in [0.1, 0.15) is 28.9 Å². The molecule has 1 N–H and O–H groups in total. The molecule has 3 aromatic carbocycles. The van der Waals surface area contributed by atoms with Gasteiger partial charge in [0.05, 0.1) is 12.3 Å². The van der Waals surface area contributed by atoms with Crippen LogP contribution in [0.4, 0.5) is 5.69 Å². The second kappa shape index (κ2) is 12.4. The molecule has 2 aliphatic rings. The van der Waals surface area contributed by atoms with Crippen LogP contribution in [0.5, 0.6) is 5.75 Å². The summed E-state index contributed by atoms with van der Waals surface area (Å²) in [5.41, 5.74) is 4.95. The Morgan fingerprint density at radius 3 is 2.35 bits per heavy atom. The number of likely N-dealkylation sites (tertiary alicyclic amines) is 1. The van der Waals surface area contributed by atoms with Crippen LogP contribution >= 0.6 is 0 Å². The molecule has 0 unspecified atom stereocenters. The lowest BCUT2D eigenvalue weighted by atomic mass is 9.98. The molecule has 40 heavy (non-hydrogen) atoms. The molecule has 7 heteroatoms. The largest absolute Gasteiger partial charge is 0.493 e. The van der Waals surface area contributed by atoms with Crippen LogP contribution in [-0.4, -0.2) is 71.8 Å². The molecule has 2 saturated heterocycles. The molecule has 0 aliphatic carbocycles. The first-order valence-corrected chi connectivity index (χ1v) is 14.4. The fraction of sp³-hybridized carbons (Fsp3) is 0.333. The number of carbonyl (C=O) groups is 1. The summed E-state index contributed by atoms with van der Waals surface area (Å²) in [6.45, 7) is 7.29. The first-order chi connectivity index (χ1) is 19.7. The Hall–Kier alpha value is -4.10. The van der Waals surface area contributed by atoms with Crippen molar-refractivity contribution in [1.29, 1.82) is 0 Å². The minimum absolute atomic E-state index is 0.00772. The fourth-order valence-corrected chi connectivity index (χ4v) is 5.71. The number of para-hydroxylation sites is 1. The second-order valence-corrected chi connectivity index (χ2v) is 10.8. The minimum Gasteiger partial charge on any atom is -0.493 e. The van der Waals surface area contributed by atoms with Crippen molar-refractivity contribution in [3.63, 3.8) is 0 Å². The normalized spacial score (nSPS) is 18.1. The zero-order chi connectivity index (χ0) is 27.1. The molecular formula is C33H37N5O2. The van der Waals surface area contributed by atoms with E-state index in [4.69, 9.17) is 4.74 Å². The van der Waals surface area contributed by atoms with Gasteiger partial charge in [-0.3, -0.25) is 14.8 Å². The number of piperidine rings is 1. The molecule has 0 saturated carbocycles. The first-order valence-electron chi connectivity index (χ1n) is 14.4. The van der Waals surface area contributed by atoms with E-state index in [1.54, 1.807) is 0 Å². The number of nitrogens with one attached hydrogen (secondary N) is 1. The summed E-state index contributed by atoms with van der Waals surface area (Å²) < 4.78 is 6.17. The lowest BCUT2D eigenvalue weighted by molar-refractivity contribution is 0.0627. The molecule has 7 nitrogen and oxygen atoms in total. The molecule has 4 aromatic rings. The molecule has 206 valence electrons. The number of benzene rings is 3. The summed E-state index contributed by atoms with van der Waals surface area (Å²) in [4.78, 5) is 20.1. The van der Waals surface area contributed by atoms with E-state index in [2.05, 4.69) is 74.6 Å². The Balaban J connectivity index is 0.960. The molecule has 3 heterocycles. The van der Waals surface area contributed by atoms with Crippen molar-refractivity contribution < 1.29 is 9.53 Å². The van der Waals surface area contributed by atoms with Gasteiger partial charge in [-0.15, -0.1) is 0 Å². The van der Waals surface area contributed by atoms with E-state index < -0.39 is 0 Å². The smallest absolute Gasteiger partial charge is 0.271 e. The van der Waals surface area contributed by atoms with Gasteiger partial charge in [0.2, 0.25) is 0 Å². The Morgan fingerprint density at radius 1 is 0.875 bits per heavy atom. The van der Waals surface area contributed by atoms with E-state index in [9.17, 15) is 4.79 Å². The number of hydrogen-bond acceptors (Lipinski definition) is 5. The molecule has 6 rings (SSSR count). The maximum atomic E-state index is 13.2. The number of hydrogen-bond donors (Lipinski definition) is 1. The quantitative estimate of drug-likeness (QED) is 0.330. The van der Waals surface area contributed by atoms with E-state index in [0.29, 0.717) is 24.8 Å². The lowest BCUT2D eigenvalue weighted by Gasteiger charge is -2.36. The van der Waals surface area contributed by atoms with E-state index >= 15 is 0 Å². The van der Waals surface area contributed by atoms with Gasteiger partial charge in [-0.05, 0) is 48.7 Å². The Kier molecular flexibility index (Phi) is 8.10. The van der Waals surface area contributed by atoms with Crippen LogP contribution < -0.4 is 9.64 Å². The predicted molar refractivity (Wildman–Crippen MR) is 159 cm³/mol. The number of anilines is 1. The summed E-state index contributed by atoms with van der Waals surface area (Å²) in [6, 6.07) is 31.0. The minimum atomic E-state index is 0.00772. The van der Waals surface area contributed by atoms with Gasteiger partial charge in [0, 0.05) is 63.0 Å². The summed E-state index contributed by atoms with van der Waals surface area (Å²) in [5, 5.41) is 7.29. The number of H-pyrrole nitrogens is 1. The maximum Gasteiger partial charge on any atom is 0.271 e. The van der Waals surface area contributed by atoms with Crippen molar-refractivity contribution in [3.05, 3.63) is 102 Å². The van der Waals surface area contributed by atoms with E-state index in [1.807, 2.05) is 41.3 Å². The Morgan fingerprint density at radius 2 is 1.60 bits per heavy atom. The third kappa shape index (κ3) is 6.37. The lowest BCUT2D eigenvalue weighted by Crippen LogP contribution is -2.45. The highest BCUT2D eigenvalue weighted by molar-refractivity contribution is 5.93. The average Bonchev–Trinajstić information content (AvgIpc) is 3.52. The van der Waals surface area contributed by atoms with Gasteiger partial charge in [0.1, 0.15) is 11.4 Å². The summed E-state index contributed by atoms with van der Waals surface area (Å²) in [6.07, 6.45) is 2.05. The van der Waals surface area contributed by atoms with Crippen LogP contribution in [0.3, 0.4) is 0 Å². The number of aromatic nitrogens is 2. The highest BCUT2D eigenvalue weighted by Crippen LogP contribution is 2.23. The van der Waals surface area contributed by atoms with Crippen molar-refractivity contribution in [3.8, 4) is 17.0 Å². The fourth-order valence-electron chi connectivity index (χ4n) is 5.71. The number of amides is 1. The molecule has 0 bridgehead atoms. The van der Waals surface area contributed by atoms with Crippen molar-refractivity contribution >= 4 is 11.6 Å². The van der Waals surface area contributed by atoms with Crippen LogP contribution in [0.2, 0.25) is 0 Å². The van der Waals surface area contributed by atoms with Gasteiger partial charge in [-0.25, -0.2) is 0 Å². The summed E-state index contributed by atoms with van der Waals surface area (Å²) >= 11 is 0. The zero-order valence-corrected chi connectivity index (χ0v) is 22.9. The number of rotatable bonds is 8. The van der Waals surface area contributed by atoms with Crippen molar-refractivity contribution in [1.82, 2.24) is 20.0 Å². The van der Waals surface area contributed by atoms with Crippen molar-refractivity contribution in [2.24, 2.45) is 5.92 Å². The van der Waals surface area contributed by atoms with Crippen LogP contribution in [0.25, 0.3) is 11.3 Å². The van der Waals surface area contributed by atoms with Gasteiger partial charge in [-0.2, -0.15) is 5.10 Å². The van der Waals surface area contributed by atoms with Gasteiger partial charge in [0.15, 0.2) is 0 Å². The van der Waals surface area contributed by atoms with Crippen LogP contribution in [0.15, 0.2) is 91.0 Å². The summed E-state index contributed by atoms with van der Waals surface area (Å²) in [7, 11) is 0. The van der Waals surface area contributed by atoms with Crippen molar-refractivity contribution in [2.75, 3.05) is 50.8 Å². The molecule has 0 spiro atoms. The standard InChI is InChI=1S/C33H37N5O2/c39-33(32-22-31(34-35-32)28-9-3-1-4-10-28)38-17-7-8-27(24-38)25-40-30-15-13-26(14-16-30)23-36-18-20-37(21-19-36)29-11-5-2-6-12-29/h1-6,9-16,22,27H,7-8,17-21,23-25H2,(H,34,35)/t27-/m0/s1. The SMILES string of the molecule is O=C(c1cc(-c2ccccc2)n[nH]1)N1CCC[C@H](COc2ccc(CN3CCN(c4ccccc4)CC3)cc2)C1. The molecule has 0 radical (unpaired) electrons. The van der Waals surface area contributed by atoms with E-state index in [1.165, 1.54) is 11.3 Å². The molecule has 2 fully saturated rings. The van der Waals surface area contributed by atoms with Gasteiger partial charge in [-0.1, -0.05) is 60.7 Å². The Bertz CT molecular complexity index is 1360. The van der Waals surface area contributed by atoms with Crippen LogP contribution in [0, 0.1) is 5.92 Å². The van der Waals surface area contributed by atoms with Crippen LogP contribution in [-0.2, 0) is 6.54 Å². The molecule has 1 atom stereocenters. The number of piperazine rings is 1. The van der Waals surface area contributed by atoms with Gasteiger partial charge < -0.3 is 14.5 Å². The summed E-state index contributed by atoms with van der Waals surface area (Å²) in [5.74, 6) is 1.21. The van der Waals surface area contributed by atoms with Gasteiger partial charge >= 0.3 is 0 Å². The molecule has 2 aliphatic heterocycles. The molecule has 1 amide bonds. The number of carbonyl (C=O) groups excluding carboxylic acids is 1. The average molecular weight is 536 g/mol. The number of nitrogens with zero attached hydrogens (tertiary/aromatic N) is 4. The van der Waals surface area contributed by atoms with E-state index in [0.717, 1.165) is 69.1 Å². The Labute approximate surface area is 236 Å². The molecule has 1 aromatic heterocycles.